The van der Waals surface area contributed by atoms with Crippen LogP contribution in [-0.4, -0.2) is 30.2 Å². The molecule has 4 heteroatoms. The van der Waals surface area contributed by atoms with Crippen LogP contribution in [0.5, 0.6) is 0 Å². The number of aliphatic hydroxyl groups excluding tert-OH is 1. The minimum Gasteiger partial charge on any atom is -0.393 e. The summed E-state index contributed by atoms with van der Waals surface area (Å²) in [6.45, 7) is 8.21. The number of aliphatic hydroxyl groups is 1. The van der Waals surface area contributed by atoms with E-state index < -0.39 is 5.79 Å². The molecular weight excluding hydrogens is 470 g/mol. The van der Waals surface area contributed by atoms with Crippen molar-refractivity contribution in [2.45, 2.75) is 83.5 Å². The lowest BCUT2D eigenvalue weighted by molar-refractivity contribution is -0.275. The third-order valence-electron chi connectivity index (χ3n) is 10.0. The van der Waals surface area contributed by atoms with E-state index in [1.54, 1.807) is 17.2 Å². The van der Waals surface area contributed by atoms with E-state index in [0.717, 1.165) is 63.7 Å². The number of rotatable bonds is 1. The van der Waals surface area contributed by atoms with Gasteiger partial charge < -0.3 is 14.6 Å². The van der Waals surface area contributed by atoms with Crippen LogP contribution in [0.25, 0.3) is 0 Å². The Hall–Kier alpha value is -2.63. The predicted octanol–water partition coefficient (Wildman–Crippen LogP) is 6.58. The van der Waals surface area contributed by atoms with Crippen LogP contribution in [0.4, 0.5) is 0 Å². The average molecular weight is 510 g/mol. The first-order valence-corrected chi connectivity index (χ1v) is 14.3. The molecule has 0 aromatic heterocycles. The van der Waals surface area contributed by atoms with Crippen LogP contribution in [0, 0.1) is 45.8 Å². The van der Waals surface area contributed by atoms with E-state index in [-0.39, 0.29) is 16.9 Å². The molecule has 5 aliphatic rings. The Balaban J connectivity index is 1.38. The Morgan fingerprint density at radius 2 is 1.76 bits per heavy atom. The molecule has 6 rings (SSSR count). The van der Waals surface area contributed by atoms with Crippen LogP contribution in [-0.2, 0) is 9.47 Å². The normalized spacial score (nSPS) is 35.0. The third-order valence-corrected chi connectivity index (χ3v) is 10.0. The molecule has 0 radical (unpaired) electrons. The molecular formula is C34H39NO3. The molecule has 4 unspecified atom stereocenters. The van der Waals surface area contributed by atoms with Crippen LogP contribution in [0.1, 0.15) is 82.8 Å². The molecule has 1 N–H and O–H groups in total. The number of hydrogen-bond acceptors (Lipinski definition) is 4. The van der Waals surface area contributed by atoms with Gasteiger partial charge in [0.05, 0.1) is 25.4 Å². The van der Waals surface area contributed by atoms with E-state index in [2.05, 4.69) is 63.0 Å². The molecule has 1 spiro atoms. The van der Waals surface area contributed by atoms with Crippen molar-refractivity contribution in [3.8, 4) is 17.9 Å². The van der Waals surface area contributed by atoms with Gasteiger partial charge in [-0.05, 0) is 96.8 Å². The zero-order valence-electron chi connectivity index (χ0n) is 22.9. The van der Waals surface area contributed by atoms with Gasteiger partial charge >= 0.3 is 0 Å². The fourth-order valence-corrected chi connectivity index (χ4v) is 8.00. The van der Waals surface area contributed by atoms with Gasteiger partial charge in [0.15, 0.2) is 5.79 Å². The SMILES string of the molecule is CC1(C)COC2(C=C3CCC4C(=C3CC2)C(c2ccc(C#C/C=C/C#N)cc2)C[C@]2(C)C(O)CCC42)OC1. The van der Waals surface area contributed by atoms with Crippen molar-refractivity contribution < 1.29 is 14.6 Å². The number of ether oxygens (including phenoxy) is 2. The van der Waals surface area contributed by atoms with E-state index in [4.69, 9.17) is 14.7 Å². The largest absolute Gasteiger partial charge is 0.393 e. The summed E-state index contributed by atoms with van der Waals surface area (Å²) in [4.78, 5) is 0. The highest BCUT2D eigenvalue weighted by Gasteiger charge is 2.56. The van der Waals surface area contributed by atoms with Crippen molar-refractivity contribution in [2.75, 3.05) is 13.2 Å². The molecule has 5 atom stereocenters. The summed E-state index contributed by atoms with van der Waals surface area (Å²) in [5, 5.41) is 19.8. The summed E-state index contributed by atoms with van der Waals surface area (Å²) < 4.78 is 12.8. The van der Waals surface area contributed by atoms with Gasteiger partial charge in [0.2, 0.25) is 0 Å². The van der Waals surface area contributed by atoms with Crippen LogP contribution < -0.4 is 0 Å². The highest BCUT2D eigenvalue weighted by Crippen LogP contribution is 2.64. The summed E-state index contributed by atoms with van der Waals surface area (Å²) in [5.41, 5.74) is 6.89. The van der Waals surface area contributed by atoms with Crippen LogP contribution in [0.15, 0.2) is 59.2 Å². The predicted molar refractivity (Wildman–Crippen MR) is 148 cm³/mol. The van der Waals surface area contributed by atoms with Crippen molar-refractivity contribution in [2.24, 2.45) is 22.7 Å². The van der Waals surface area contributed by atoms with Gasteiger partial charge in [0.25, 0.3) is 0 Å². The minimum absolute atomic E-state index is 0.0434. The number of hydrogen-bond donors (Lipinski definition) is 1. The zero-order valence-corrected chi connectivity index (χ0v) is 22.9. The molecule has 4 aliphatic carbocycles. The smallest absolute Gasteiger partial charge is 0.188 e. The number of nitriles is 1. The first-order chi connectivity index (χ1) is 18.2. The Morgan fingerprint density at radius 1 is 1.00 bits per heavy atom. The van der Waals surface area contributed by atoms with Gasteiger partial charge in [-0.2, -0.15) is 5.26 Å². The van der Waals surface area contributed by atoms with E-state index >= 15 is 0 Å². The molecule has 1 aliphatic heterocycles. The second-order valence-electron chi connectivity index (χ2n) is 13.1. The molecule has 1 saturated heterocycles. The maximum atomic E-state index is 11.2. The van der Waals surface area contributed by atoms with Gasteiger partial charge in [-0.3, -0.25) is 0 Å². The van der Waals surface area contributed by atoms with Gasteiger partial charge in [0, 0.05) is 29.4 Å². The second-order valence-corrected chi connectivity index (χ2v) is 13.1. The molecule has 0 bridgehead atoms. The topological polar surface area (TPSA) is 62.5 Å². The highest BCUT2D eigenvalue weighted by molar-refractivity contribution is 5.50. The van der Waals surface area contributed by atoms with Crippen molar-refractivity contribution in [1.29, 1.82) is 5.26 Å². The van der Waals surface area contributed by atoms with Gasteiger partial charge in [-0.25, -0.2) is 0 Å². The maximum Gasteiger partial charge on any atom is 0.188 e. The van der Waals surface area contributed by atoms with Crippen molar-refractivity contribution in [3.05, 3.63) is 70.3 Å². The fourth-order valence-electron chi connectivity index (χ4n) is 8.00. The molecule has 38 heavy (non-hydrogen) atoms. The monoisotopic (exact) mass is 509 g/mol. The van der Waals surface area contributed by atoms with Crippen molar-refractivity contribution in [3.63, 3.8) is 0 Å². The van der Waals surface area contributed by atoms with Crippen molar-refractivity contribution >= 4 is 0 Å². The molecule has 1 aromatic carbocycles. The summed E-state index contributed by atoms with van der Waals surface area (Å²) in [6.07, 6.45) is 12.2. The Labute approximate surface area is 227 Å². The first-order valence-electron chi connectivity index (χ1n) is 14.3. The quantitative estimate of drug-likeness (QED) is 0.343. The summed E-state index contributed by atoms with van der Waals surface area (Å²) in [7, 11) is 0. The summed E-state index contributed by atoms with van der Waals surface area (Å²) in [6, 6.07) is 10.6. The van der Waals surface area contributed by atoms with Crippen molar-refractivity contribution in [1.82, 2.24) is 0 Å². The summed E-state index contributed by atoms with van der Waals surface area (Å²) in [5.74, 6) is 6.87. The number of fused-ring (bicyclic) bond motifs is 4. The number of nitrogens with zero attached hydrogens (tertiary/aromatic N) is 1. The Bertz CT molecular complexity index is 1290. The lowest BCUT2D eigenvalue weighted by Gasteiger charge is -2.53. The second kappa shape index (κ2) is 9.53. The number of allylic oxidation sites excluding steroid dienone is 5. The fraction of sp³-hybridized carbons (Fsp3) is 0.559. The third kappa shape index (κ3) is 4.38. The average Bonchev–Trinajstić information content (AvgIpc) is 3.22. The number of benzene rings is 1. The standard InChI is InChI=1S/C34H39NO3/c1-32(2)21-37-34(38-22-32)17-16-26-25(19-34)12-13-27-29-14-15-30(36)33(29,3)20-28(31(26)27)24-10-8-23(9-11-24)7-5-4-6-18-35/h4,6,8-11,19,27-30,36H,12-17,20-22H2,1-3H3/b6-4+/t27?,28?,29?,30?,33-/m0/s1. The Kier molecular flexibility index (Phi) is 6.43. The highest BCUT2D eigenvalue weighted by atomic mass is 16.7. The van der Waals surface area contributed by atoms with E-state index in [1.807, 2.05) is 6.07 Å². The molecule has 1 heterocycles. The van der Waals surface area contributed by atoms with E-state index in [0.29, 0.717) is 17.8 Å². The Morgan fingerprint density at radius 3 is 2.50 bits per heavy atom. The summed E-state index contributed by atoms with van der Waals surface area (Å²) >= 11 is 0. The maximum absolute atomic E-state index is 11.2. The van der Waals surface area contributed by atoms with Gasteiger partial charge in [-0.1, -0.05) is 50.3 Å². The molecule has 1 aromatic rings. The lowest BCUT2D eigenvalue weighted by Crippen LogP contribution is -2.49. The molecule has 198 valence electrons. The van der Waals surface area contributed by atoms with E-state index in [1.165, 1.54) is 17.2 Å². The molecule has 4 nitrogen and oxygen atoms in total. The van der Waals surface area contributed by atoms with Gasteiger partial charge in [-0.15, -0.1) is 0 Å². The van der Waals surface area contributed by atoms with Crippen LogP contribution >= 0.6 is 0 Å². The first kappa shape index (κ1) is 25.6. The molecule has 3 fully saturated rings. The van der Waals surface area contributed by atoms with E-state index in [9.17, 15) is 5.11 Å². The zero-order chi connectivity index (χ0) is 26.5. The van der Waals surface area contributed by atoms with Gasteiger partial charge in [0.1, 0.15) is 0 Å². The molecule has 0 amide bonds. The van der Waals surface area contributed by atoms with Crippen LogP contribution in [0.3, 0.4) is 0 Å². The minimum atomic E-state index is -0.565. The molecule has 2 saturated carbocycles. The van der Waals surface area contributed by atoms with Crippen LogP contribution in [0.2, 0.25) is 0 Å². The lowest BCUT2D eigenvalue weighted by atomic mass is 9.53.